The molecule has 0 aliphatic carbocycles. The fraction of sp³-hybridized carbons (Fsp3) is 0.381. The van der Waals surface area contributed by atoms with Crippen LogP contribution in [0.5, 0.6) is 0 Å². The van der Waals surface area contributed by atoms with E-state index in [2.05, 4.69) is 51.5 Å². The third-order valence-electron chi connectivity index (χ3n) is 3.13. The van der Waals surface area contributed by atoms with E-state index >= 15 is 0 Å². The molecule has 3 heteroatoms. The molecule has 0 saturated carbocycles. The summed E-state index contributed by atoms with van der Waals surface area (Å²) < 4.78 is 5.51. The predicted octanol–water partition coefficient (Wildman–Crippen LogP) is 4.59. The highest BCUT2D eigenvalue weighted by atomic mass is 79.9. The van der Waals surface area contributed by atoms with E-state index in [1.54, 1.807) is 12.1 Å². The van der Waals surface area contributed by atoms with Crippen molar-refractivity contribution in [3.63, 3.8) is 0 Å². The van der Waals surface area contributed by atoms with Gasteiger partial charge in [-0.1, -0.05) is 70.7 Å². The van der Waals surface area contributed by atoms with Crippen LogP contribution in [-0.4, -0.2) is 17.4 Å². The number of alkyl halides is 1. The maximum Gasteiger partial charge on any atom is 0.338 e. The van der Waals surface area contributed by atoms with Crippen LogP contribution >= 0.6 is 15.9 Å². The van der Waals surface area contributed by atoms with E-state index in [4.69, 9.17) is 4.74 Å². The predicted molar refractivity (Wildman–Crippen MR) is 102 cm³/mol. The Morgan fingerprint density at radius 1 is 1.04 bits per heavy atom. The first kappa shape index (κ1) is 19.9. The largest absolute Gasteiger partial charge is 0.459 e. The molecular formula is C21H21BrO2. The van der Waals surface area contributed by atoms with Crippen molar-refractivity contribution in [3.8, 4) is 35.5 Å². The molecule has 0 saturated heterocycles. The minimum absolute atomic E-state index is 0.0994. The van der Waals surface area contributed by atoms with Gasteiger partial charge in [0.1, 0.15) is 6.10 Å². The Kier molecular flexibility index (Phi) is 11.0. The van der Waals surface area contributed by atoms with Crippen LogP contribution in [0.1, 0.15) is 49.4 Å². The summed E-state index contributed by atoms with van der Waals surface area (Å²) in [5.74, 6) is 17.6. The van der Waals surface area contributed by atoms with Crippen LogP contribution in [0.15, 0.2) is 30.3 Å². The molecule has 1 atom stereocenters. The van der Waals surface area contributed by atoms with E-state index in [0.717, 1.165) is 12.8 Å². The average molecular weight is 385 g/mol. The van der Waals surface area contributed by atoms with E-state index < -0.39 is 0 Å². The highest BCUT2D eigenvalue weighted by molar-refractivity contribution is 9.09. The smallest absolute Gasteiger partial charge is 0.338 e. The maximum atomic E-state index is 12.0. The molecular weight excluding hydrogens is 364 g/mol. The van der Waals surface area contributed by atoms with Gasteiger partial charge in [-0.2, -0.15) is 0 Å². The van der Waals surface area contributed by atoms with Gasteiger partial charge in [-0.15, -0.1) is 5.92 Å². The SMILES string of the molecule is CCC(CCC#CCC#CCC#CCBr)OC(=O)c1ccccc1. The first-order chi connectivity index (χ1) is 11.8. The van der Waals surface area contributed by atoms with Gasteiger partial charge < -0.3 is 4.74 Å². The minimum atomic E-state index is -0.272. The number of esters is 1. The van der Waals surface area contributed by atoms with Gasteiger partial charge >= 0.3 is 5.97 Å². The van der Waals surface area contributed by atoms with Crippen molar-refractivity contribution in [2.24, 2.45) is 0 Å². The number of hydrogen-bond donors (Lipinski definition) is 0. The maximum absolute atomic E-state index is 12.0. The molecule has 1 aromatic rings. The van der Waals surface area contributed by atoms with Crippen LogP contribution in [0.25, 0.3) is 0 Å². The number of hydrogen-bond acceptors (Lipinski definition) is 2. The molecule has 0 N–H and O–H groups in total. The highest BCUT2D eigenvalue weighted by Gasteiger charge is 2.13. The molecule has 0 heterocycles. The van der Waals surface area contributed by atoms with E-state index in [1.807, 2.05) is 25.1 Å². The third-order valence-corrected chi connectivity index (χ3v) is 3.41. The Labute approximate surface area is 153 Å². The minimum Gasteiger partial charge on any atom is -0.459 e. The van der Waals surface area contributed by atoms with Crippen molar-refractivity contribution in [2.75, 3.05) is 5.33 Å². The first-order valence-electron chi connectivity index (χ1n) is 7.97. The fourth-order valence-electron chi connectivity index (χ4n) is 1.85. The topological polar surface area (TPSA) is 26.3 Å². The second-order valence-corrected chi connectivity index (χ2v) is 5.45. The van der Waals surface area contributed by atoms with Crippen molar-refractivity contribution in [1.29, 1.82) is 0 Å². The van der Waals surface area contributed by atoms with Crippen LogP contribution in [0.2, 0.25) is 0 Å². The Balaban J connectivity index is 2.29. The Morgan fingerprint density at radius 3 is 2.29 bits per heavy atom. The molecule has 0 aliphatic rings. The molecule has 0 bridgehead atoms. The summed E-state index contributed by atoms with van der Waals surface area (Å²) in [6.07, 6.45) is 3.26. The number of rotatable bonds is 5. The van der Waals surface area contributed by atoms with Gasteiger partial charge in [0.25, 0.3) is 0 Å². The summed E-state index contributed by atoms with van der Waals surface area (Å²) in [5, 5.41) is 0.682. The lowest BCUT2D eigenvalue weighted by molar-refractivity contribution is 0.0276. The number of carbonyl (C=O) groups is 1. The molecule has 0 amide bonds. The van der Waals surface area contributed by atoms with Gasteiger partial charge in [-0.3, -0.25) is 0 Å². The Bertz CT molecular complexity index is 675. The van der Waals surface area contributed by atoms with Crippen molar-refractivity contribution < 1.29 is 9.53 Å². The van der Waals surface area contributed by atoms with Gasteiger partial charge in [-0.25, -0.2) is 4.79 Å². The first-order valence-corrected chi connectivity index (χ1v) is 9.09. The van der Waals surface area contributed by atoms with Crippen molar-refractivity contribution >= 4 is 21.9 Å². The van der Waals surface area contributed by atoms with E-state index in [1.165, 1.54) is 0 Å². The summed E-state index contributed by atoms with van der Waals surface area (Å²) in [6.45, 7) is 2.01. The molecule has 2 nitrogen and oxygen atoms in total. The quantitative estimate of drug-likeness (QED) is 0.421. The second-order valence-electron chi connectivity index (χ2n) is 4.89. The summed E-state index contributed by atoms with van der Waals surface area (Å²) in [4.78, 5) is 12.0. The molecule has 0 radical (unpaired) electrons. The molecule has 24 heavy (non-hydrogen) atoms. The molecule has 0 spiro atoms. The number of carbonyl (C=O) groups excluding carboxylic acids is 1. The van der Waals surface area contributed by atoms with E-state index in [0.29, 0.717) is 30.2 Å². The van der Waals surface area contributed by atoms with Crippen LogP contribution in [0, 0.1) is 35.5 Å². The third kappa shape index (κ3) is 9.09. The fourth-order valence-corrected chi connectivity index (χ4v) is 2.05. The summed E-state index contributed by atoms with van der Waals surface area (Å²) in [6, 6.07) is 9.05. The lowest BCUT2D eigenvalue weighted by Gasteiger charge is -2.14. The molecule has 124 valence electrons. The summed E-state index contributed by atoms with van der Waals surface area (Å²) in [7, 11) is 0. The van der Waals surface area contributed by atoms with Crippen LogP contribution in [0.3, 0.4) is 0 Å². The standard InChI is InChI=1S/C21H21BrO2/c1-2-20(24-21(23)19-15-11-10-12-16-19)17-13-8-6-4-3-5-7-9-14-18-22/h10-12,15-16,20H,2,4,7,13,17-18H2,1H3. The van der Waals surface area contributed by atoms with Crippen LogP contribution < -0.4 is 0 Å². The zero-order valence-electron chi connectivity index (χ0n) is 13.9. The van der Waals surface area contributed by atoms with Gasteiger partial charge in [0.15, 0.2) is 0 Å². The molecule has 0 aromatic heterocycles. The monoisotopic (exact) mass is 384 g/mol. The van der Waals surface area contributed by atoms with Gasteiger partial charge in [0.2, 0.25) is 0 Å². The van der Waals surface area contributed by atoms with Crippen molar-refractivity contribution in [1.82, 2.24) is 0 Å². The number of ether oxygens (including phenoxy) is 1. The number of halogens is 1. The highest BCUT2D eigenvalue weighted by Crippen LogP contribution is 2.10. The summed E-state index contributed by atoms with van der Waals surface area (Å²) >= 11 is 3.23. The van der Waals surface area contributed by atoms with Crippen LogP contribution in [0.4, 0.5) is 0 Å². The zero-order chi connectivity index (χ0) is 17.5. The molecule has 1 aromatic carbocycles. The number of benzene rings is 1. The molecule has 1 rings (SSSR count). The Hall–Kier alpha value is -2.15. The van der Waals surface area contributed by atoms with Gasteiger partial charge in [0.05, 0.1) is 23.7 Å². The molecule has 0 fully saturated rings. The van der Waals surface area contributed by atoms with Gasteiger partial charge in [0, 0.05) is 6.42 Å². The van der Waals surface area contributed by atoms with Crippen LogP contribution in [-0.2, 0) is 4.74 Å². The molecule has 0 aliphatic heterocycles. The summed E-state index contributed by atoms with van der Waals surface area (Å²) in [5.41, 5.74) is 0.584. The lowest BCUT2D eigenvalue weighted by Crippen LogP contribution is -2.17. The van der Waals surface area contributed by atoms with E-state index in [9.17, 15) is 4.79 Å². The molecule has 1 unspecified atom stereocenters. The van der Waals surface area contributed by atoms with E-state index in [-0.39, 0.29) is 12.1 Å². The van der Waals surface area contributed by atoms with Gasteiger partial charge in [-0.05, 0) is 25.0 Å². The Morgan fingerprint density at radius 2 is 1.67 bits per heavy atom. The second kappa shape index (κ2) is 13.3. The normalized spacial score (nSPS) is 10.1. The lowest BCUT2D eigenvalue weighted by atomic mass is 10.1. The zero-order valence-corrected chi connectivity index (χ0v) is 15.5. The van der Waals surface area contributed by atoms with Crippen molar-refractivity contribution in [2.45, 2.75) is 45.1 Å². The van der Waals surface area contributed by atoms with Crippen molar-refractivity contribution in [3.05, 3.63) is 35.9 Å². The average Bonchev–Trinajstić information content (AvgIpc) is 2.62.